The predicted octanol–water partition coefficient (Wildman–Crippen LogP) is 3.95. The van der Waals surface area contributed by atoms with E-state index in [0.717, 1.165) is 5.56 Å². The number of carbonyl (C=O) groups excluding carboxylic acids is 1. The van der Waals surface area contributed by atoms with Gasteiger partial charge in [0, 0.05) is 5.69 Å². The lowest BCUT2D eigenvalue weighted by Crippen LogP contribution is -2.14. The fourth-order valence-corrected chi connectivity index (χ4v) is 1.83. The number of anilines is 1. The Kier molecular flexibility index (Phi) is 3.84. The van der Waals surface area contributed by atoms with E-state index in [4.69, 9.17) is 23.2 Å². The van der Waals surface area contributed by atoms with Crippen LogP contribution < -0.4 is 5.32 Å². The molecule has 0 radical (unpaired) electrons. The van der Waals surface area contributed by atoms with Gasteiger partial charge in [0.05, 0.1) is 5.02 Å². The number of benzene rings is 1. The van der Waals surface area contributed by atoms with Crippen LogP contribution in [0.1, 0.15) is 16.1 Å². The SMILES string of the molecule is Cc1cccc(NC(=O)c2nc(Cl)ccc2Cl)c1. The molecule has 3 nitrogen and oxygen atoms in total. The van der Waals surface area contributed by atoms with Gasteiger partial charge in [-0.05, 0) is 36.8 Å². The van der Waals surface area contributed by atoms with E-state index in [1.165, 1.54) is 6.07 Å². The van der Waals surface area contributed by atoms with Gasteiger partial charge in [-0.3, -0.25) is 4.79 Å². The molecule has 5 heteroatoms. The number of pyridine rings is 1. The zero-order valence-electron chi connectivity index (χ0n) is 9.58. The highest BCUT2D eigenvalue weighted by molar-refractivity contribution is 6.35. The molecule has 1 aromatic carbocycles. The molecule has 18 heavy (non-hydrogen) atoms. The standard InChI is InChI=1S/C13H10Cl2N2O/c1-8-3-2-4-9(7-8)16-13(18)12-10(14)5-6-11(15)17-12/h2-7H,1H3,(H,16,18). The maximum atomic E-state index is 12.0. The van der Waals surface area contributed by atoms with E-state index in [1.807, 2.05) is 25.1 Å². The predicted molar refractivity (Wildman–Crippen MR) is 73.4 cm³/mol. The lowest BCUT2D eigenvalue weighted by atomic mass is 10.2. The first-order valence-electron chi connectivity index (χ1n) is 5.26. The Labute approximate surface area is 115 Å². The lowest BCUT2D eigenvalue weighted by Gasteiger charge is -2.06. The van der Waals surface area contributed by atoms with Crippen LogP contribution in [0.2, 0.25) is 10.2 Å². The van der Waals surface area contributed by atoms with Crippen molar-refractivity contribution in [3.05, 3.63) is 57.8 Å². The van der Waals surface area contributed by atoms with Crippen molar-refractivity contribution in [1.29, 1.82) is 0 Å². The third-order valence-corrected chi connectivity index (χ3v) is 2.82. The highest BCUT2D eigenvalue weighted by Gasteiger charge is 2.13. The van der Waals surface area contributed by atoms with E-state index in [2.05, 4.69) is 10.3 Å². The fourth-order valence-electron chi connectivity index (χ4n) is 1.49. The second-order valence-electron chi connectivity index (χ2n) is 3.79. The number of hydrogen-bond donors (Lipinski definition) is 1. The Morgan fingerprint density at radius 2 is 2.00 bits per heavy atom. The largest absolute Gasteiger partial charge is 0.321 e. The van der Waals surface area contributed by atoms with Crippen LogP contribution in [-0.4, -0.2) is 10.9 Å². The van der Waals surface area contributed by atoms with Crippen LogP contribution in [0.4, 0.5) is 5.69 Å². The normalized spacial score (nSPS) is 10.2. The second kappa shape index (κ2) is 5.38. The van der Waals surface area contributed by atoms with Crippen LogP contribution in [0.5, 0.6) is 0 Å². The summed E-state index contributed by atoms with van der Waals surface area (Å²) in [5.41, 5.74) is 1.86. The lowest BCUT2D eigenvalue weighted by molar-refractivity contribution is 0.102. The molecule has 1 aromatic heterocycles. The Balaban J connectivity index is 2.24. The van der Waals surface area contributed by atoms with Crippen molar-refractivity contribution in [3.8, 4) is 0 Å². The Morgan fingerprint density at radius 1 is 1.22 bits per heavy atom. The molecule has 0 unspecified atom stereocenters. The topological polar surface area (TPSA) is 42.0 Å². The third-order valence-electron chi connectivity index (χ3n) is 2.30. The quantitative estimate of drug-likeness (QED) is 0.847. The van der Waals surface area contributed by atoms with Crippen molar-refractivity contribution in [3.63, 3.8) is 0 Å². The molecule has 0 aliphatic heterocycles. The van der Waals surface area contributed by atoms with Gasteiger partial charge in [-0.2, -0.15) is 0 Å². The van der Waals surface area contributed by atoms with Crippen LogP contribution in [0.25, 0.3) is 0 Å². The number of halogens is 2. The van der Waals surface area contributed by atoms with Crippen molar-refractivity contribution in [2.75, 3.05) is 5.32 Å². The fraction of sp³-hybridized carbons (Fsp3) is 0.0769. The number of nitrogens with zero attached hydrogens (tertiary/aromatic N) is 1. The van der Waals surface area contributed by atoms with Crippen LogP contribution in [0.3, 0.4) is 0 Å². The minimum atomic E-state index is -0.381. The van der Waals surface area contributed by atoms with Gasteiger partial charge < -0.3 is 5.32 Å². The van der Waals surface area contributed by atoms with Gasteiger partial charge in [0.25, 0.3) is 5.91 Å². The molecule has 0 spiro atoms. The van der Waals surface area contributed by atoms with Gasteiger partial charge >= 0.3 is 0 Å². The van der Waals surface area contributed by atoms with Gasteiger partial charge in [-0.15, -0.1) is 0 Å². The van der Waals surface area contributed by atoms with Gasteiger partial charge in [0.15, 0.2) is 0 Å². The van der Waals surface area contributed by atoms with Crippen molar-refractivity contribution in [2.24, 2.45) is 0 Å². The molecule has 1 amide bonds. The molecule has 2 rings (SSSR count). The maximum absolute atomic E-state index is 12.0. The van der Waals surface area contributed by atoms with Crippen molar-refractivity contribution in [1.82, 2.24) is 4.98 Å². The molecule has 0 aliphatic carbocycles. The van der Waals surface area contributed by atoms with E-state index in [1.54, 1.807) is 12.1 Å². The van der Waals surface area contributed by atoms with E-state index in [-0.39, 0.29) is 21.8 Å². The monoisotopic (exact) mass is 280 g/mol. The molecule has 1 N–H and O–H groups in total. The molecular weight excluding hydrogens is 271 g/mol. The molecule has 92 valence electrons. The number of nitrogens with one attached hydrogen (secondary N) is 1. The zero-order chi connectivity index (χ0) is 13.1. The Morgan fingerprint density at radius 3 is 2.72 bits per heavy atom. The molecular formula is C13H10Cl2N2O. The molecule has 0 atom stereocenters. The number of rotatable bonds is 2. The molecule has 0 saturated heterocycles. The molecule has 0 saturated carbocycles. The Bertz CT molecular complexity index is 599. The maximum Gasteiger partial charge on any atom is 0.275 e. The minimum absolute atomic E-state index is 0.116. The second-order valence-corrected chi connectivity index (χ2v) is 4.58. The number of hydrogen-bond acceptors (Lipinski definition) is 2. The summed E-state index contributed by atoms with van der Waals surface area (Å²) in [4.78, 5) is 15.9. The number of aryl methyl sites for hydroxylation is 1. The smallest absolute Gasteiger partial charge is 0.275 e. The summed E-state index contributed by atoms with van der Waals surface area (Å²) in [6.45, 7) is 1.94. The molecule has 0 fully saturated rings. The van der Waals surface area contributed by atoms with E-state index in [0.29, 0.717) is 5.69 Å². The van der Waals surface area contributed by atoms with Crippen LogP contribution in [0, 0.1) is 6.92 Å². The average Bonchev–Trinajstić information content (AvgIpc) is 2.32. The minimum Gasteiger partial charge on any atom is -0.321 e. The van der Waals surface area contributed by atoms with E-state index < -0.39 is 0 Å². The molecule has 0 aliphatic rings. The first kappa shape index (κ1) is 12.9. The van der Waals surface area contributed by atoms with Gasteiger partial charge in [-0.1, -0.05) is 35.3 Å². The van der Waals surface area contributed by atoms with Crippen molar-refractivity contribution < 1.29 is 4.79 Å². The van der Waals surface area contributed by atoms with Crippen molar-refractivity contribution >= 4 is 34.8 Å². The highest BCUT2D eigenvalue weighted by Crippen LogP contribution is 2.18. The summed E-state index contributed by atoms with van der Waals surface area (Å²) in [6, 6.07) is 10.5. The first-order chi connectivity index (χ1) is 8.56. The van der Waals surface area contributed by atoms with E-state index >= 15 is 0 Å². The molecule has 1 heterocycles. The number of carbonyl (C=O) groups is 1. The molecule has 0 bridgehead atoms. The Hall–Kier alpha value is -1.58. The zero-order valence-corrected chi connectivity index (χ0v) is 11.1. The van der Waals surface area contributed by atoms with Gasteiger partial charge in [0.1, 0.15) is 10.8 Å². The van der Waals surface area contributed by atoms with Crippen LogP contribution >= 0.6 is 23.2 Å². The van der Waals surface area contributed by atoms with Gasteiger partial charge in [0.2, 0.25) is 0 Å². The van der Waals surface area contributed by atoms with Gasteiger partial charge in [-0.25, -0.2) is 4.98 Å². The summed E-state index contributed by atoms with van der Waals surface area (Å²) >= 11 is 11.6. The van der Waals surface area contributed by atoms with Crippen LogP contribution in [-0.2, 0) is 0 Å². The first-order valence-corrected chi connectivity index (χ1v) is 6.02. The highest BCUT2D eigenvalue weighted by atomic mass is 35.5. The summed E-state index contributed by atoms with van der Waals surface area (Å²) in [7, 11) is 0. The van der Waals surface area contributed by atoms with Crippen LogP contribution in [0.15, 0.2) is 36.4 Å². The summed E-state index contributed by atoms with van der Waals surface area (Å²) in [5.74, 6) is -0.381. The third kappa shape index (κ3) is 3.00. The summed E-state index contributed by atoms with van der Waals surface area (Å²) in [6.07, 6.45) is 0. The summed E-state index contributed by atoms with van der Waals surface area (Å²) < 4.78 is 0. The number of aromatic nitrogens is 1. The molecule has 2 aromatic rings. The summed E-state index contributed by atoms with van der Waals surface area (Å²) in [5, 5.41) is 3.22. The number of amides is 1. The van der Waals surface area contributed by atoms with E-state index in [9.17, 15) is 4.79 Å². The van der Waals surface area contributed by atoms with Crippen molar-refractivity contribution in [2.45, 2.75) is 6.92 Å². The average molecular weight is 281 g/mol.